The fraction of sp³-hybridized carbons (Fsp3) is 0.100. The highest BCUT2D eigenvalue weighted by atomic mass is 79.9. The molecule has 0 atom stereocenters. The van der Waals surface area contributed by atoms with Gasteiger partial charge < -0.3 is 5.32 Å². The summed E-state index contributed by atoms with van der Waals surface area (Å²) in [5, 5.41) is 3.50. The lowest BCUT2D eigenvalue weighted by atomic mass is 10.0. The molecule has 0 unspecified atom stereocenters. The van der Waals surface area contributed by atoms with Crippen LogP contribution in [0.2, 0.25) is 0 Å². The Labute approximate surface area is 158 Å². The first-order valence-electron chi connectivity index (χ1n) is 7.74. The van der Waals surface area contributed by atoms with E-state index in [4.69, 9.17) is 0 Å². The zero-order valence-electron chi connectivity index (χ0n) is 13.8. The van der Waals surface area contributed by atoms with Crippen LogP contribution in [0.3, 0.4) is 0 Å². The van der Waals surface area contributed by atoms with Crippen molar-refractivity contribution in [1.82, 2.24) is 0 Å². The molecule has 0 aliphatic heterocycles. The van der Waals surface area contributed by atoms with Crippen LogP contribution < -0.4 is 5.32 Å². The van der Waals surface area contributed by atoms with Crippen molar-refractivity contribution in [2.45, 2.75) is 13.8 Å². The van der Waals surface area contributed by atoms with Crippen molar-refractivity contribution in [2.75, 3.05) is 5.32 Å². The SMILES string of the molecule is Cc1sc(NC(=O)c2ccc(Br)cc2)c(C(=O)c2ccccc2)c1C. The van der Waals surface area contributed by atoms with Gasteiger partial charge in [-0.3, -0.25) is 9.59 Å². The molecule has 1 amide bonds. The number of thiophene rings is 1. The van der Waals surface area contributed by atoms with Gasteiger partial charge in [0.2, 0.25) is 0 Å². The van der Waals surface area contributed by atoms with E-state index in [0.717, 1.165) is 14.9 Å². The number of halogens is 1. The highest BCUT2D eigenvalue weighted by Gasteiger charge is 2.22. The zero-order valence-corrected chi connectivity index (χ0v) is 16.2. The van der Waals surface area contributed by atoms with Crippen LogP contribution in [-0.2, 0) is 0 Å². The van der Waals surface area contributed by atoms with Crippen molar-refractivity contribution >= 4 is 44.0 Å². The Morgan fingerprint density at radius 1 is 0.920 bits per heavy atom. The Morgan fingerprint density at radius 3 is 2.20 bits per heavy atom. The van der Waals surface area contributed by atoms with Crippen molar-refractivity contribution < 1.29 is 9.59 Å². The number of hydrogen-bond acceptors (Lipinski definition) is 3. The summed E-state index contributed by atoms with van der Waals surface area (Å²) in [6.45, 7) is 3.87. The summed E-state index contributed by atoms with van der Waals surface area (Å²) in [7, 11) is 0. The van der Waals surface area contributed by atoms with Crippen LogP contribution in [0, 0.1) is 13.8 Å². The molecule has 0 aliphatic rings. The van der Waals surface area contributed by atoms with Gasteiger partial charge in [0.25, 0.3) is 5.91 Å². The van der Waals surface area contributed by atoms with Crippen LogP contribution in [0.25, 0.3) is 0 Å². The second kappa shape index (κ2) is 7.33. The van der Waals surface area contributed by atoms with Gasteiger partial charge in [-0.1, -0.05) is 46.3 Å². The van der Waals surface area contributed by atoms with Gasteiger partial charge in [-0.25, -0.2) is 0 Å². The first-order chi connectivity index (χ1) is 12.0. The van der Waals surface area contributed by atoms with Crippen molar-refractivity contribution in [2.24, 2.45) is 0 Å². The number of ketones is 1. The molecule has 0 aliphatic carbocycles. The number of aryl methyl sites for hydroxylation is 1. The lowest BCUT2D eigenvalue weighted by Gasteiger charge is -2.07. The van der Waals surface area contributed by atoms with Crippen molar-refractivity contribution in [3.63, 3.8) is 0 Å². The van der Waals surface area contributed by atoms with E-state index in [9.17, 15) is 9.59 Å². The Morgan fingerprint density at radius 2 is 1.56 bits per heavy atom. The highest BCUT2D eigenvalue weighted by Crippen LogP contribution is 2.34. The molecule has 0 saturated carbocycles. The molecule has 5 heteroatoms. The number of amides is 1. The van der Waals surface area contributed by atoms with E-state index in [-0.39, 0.29) is 11.7 Å². The largest absolute Gasteiger partial charge is 0.313 e. The molecule has 1 N–H and O–H groups in total. The molecule has 25 heavy (non-hydrogen) atoms. The summed E-state index contributed by atoms with van der Waals surface area (Å²) in [4.78, 5) is 26.5. The minimum absolute atomic E-state index is 0.0754. The number of carbonyl (C=O) groups excluding carboxylic acids is 2. The van der Waals surface area contributed by atoms with Gasteiger partial charge in [-0.2, -0.15) is 0 Å². The second-order valence-electron chi connectivity index (χ2n) is 5.64. The molecule has 2 aromatic carbocycles. The lowest BCUT2D eigenvalue weighted by Crippen LogP contribution is -2.14. The topological polar surface area (TPSA) is 46.2 Å². The molecule has 0 bridgehead atoms. The van der Waals surface area contributed by atoms with Crippen LogP contribution in [0.4, 0.5) is 5.00 Å². The summed E-state index contributed by atoms with van der Waals surface area (Å²) in [5.74, 6) is -0.301. The second-order valence-corrected chi connectivity index (χ2v) is 7.78. The molecule has 0 spiro atoms. The number of anilines is 1. The average molecular weight is 414 g/mol. The minimum Gasteiger partial charge on any atom is -0.313 e. The summed E-state index contributed by atoms with van der Waals surface area (Å²) in [6, 6.07) is 16.2. The van der Waals surface area contributed by atoms with Crippen LogP contribution in [0.5, 0.6) is 0 Å². The van der Waals surface area contributed by atoms with Gasteiger partial charge in [0.15, 0.2) is 5.78 Å². The number of carbonyl (C=O) groups is 2. The number of nitrogens with one attached hydrogen (secondary N) is 1. The van der Waals surface area contributed by atoms with Crippen molar-refractivity contribution in [3.8, 4) is 0 Å². The van der Waals surface area contributed by atoms with E-state index >= 15 is 0 Å². The molecule has 0 radical (unpaired) electrons. The summed E-state index contributed by atoms with van der Waals surface area (Å²) in [6.07, 6.45) is 0. The van der Waals surface area contributed by atoms with E-state index in [1.165, 1.54) is 11.3 Å². The molecule has 1 aromatic heterocycles. The number of rotatable bonds is 4. The third-order valence-corrected chi connectivity index (χ3v) is 5.63. The molecule has 0 saturated heterocycles. The highest BCUT2D eigenvalue weighted by molar-refractivity contribution is 9.10. The Hall–Kier alpha value is -2.24. The van der Waals surface area contributed by atoms with Gasteiger partial charge in [-0.15, -0.1) is 11.3 Å². The van der Waals surface area contributed by atoms with Crippen LogP contribution in [0.1, 0.15) is 36.7 Å². The van der Waals surface area contributed by atoms with Crippen molar-refractivity contribution in [1.29, 1.82) is 0 Å². The maximum Gasteiger partial charge on any atom is 0.256 e. The first kappa shape index (κ1) is 17.6. The van der Waals surface area contributed by atoms with Gasteiger partial charge >= 0.3 is 0 Å². The first-order valence-corrected chi connectivity index (χ1v) is 9.35. The zero-order chi connectivity index (χ0) is 18.0. The molecule has 0 fully saturated rings. The van der Waals surface area contributed by atoms with E-state index in [0.29, 0.717) is 21.7 Å². The van der Waals surface area contributed by atoms with Gasteiger partial charge in [0.05, 0.1) is 5.56 Å². The molecule has 126 valence electrons. The summed E-state index contributed by atoms with van der Waals surface area (Å²) < 4.78 is 0.909. The van der Waals surface area contributed by atoms with E-state index in [2.05, 4.69) is 21.2 Å². The van der Waals surface area contributed by atoms with E-state index < -0.39 is 0 Å². The normalized spacial score (nSPS) is 10.5. The smallest absolute Gasteiger partial charge is 0.256 e. The van der Waals surface area contributed by atoms with Crippen LogP contribution in [0.15, 0.2) is 59.1 Å². The fourth-order valence-corrected chi connectivity index (χ4v) is 3.82. The van der Waals surface area contributed by atoms with Gasteiger partial charge in [0.1, 0.15) is 5.00 Å². The summed E-state index contributed by atoms with van der Waals surface area (Å²) >= 11 is 4.78. The number of hydrogen-bond donors (Lipinski definition) is 1. The third kappa shape index (κ3) is 3.72. The molecule has 3 rings (SSSR count). The van der Waals surface area contributed by atoms with Gasteiger partial charge in [-0.05, 0) is 43.7 Å². The Balaban J connectivity index is 1.95. The molecule has 3 nitrogen and oxygen atoms in total. The standard InChI is InChI=1S/C20H16BrNO2S/c1-12-13(2)25-20(17(12)18(23)14-6-4-3-5-7-14)22-19(24)15-8-10-16(21)11-9-15/h3-11H,1-2H3,(H,22,24). The maximum atomic E-state index is 12.9. The Bertz CT molecular complexity index is 930. The molecular formula is C20H16BrNO2S. The van der Waals surface area contributed by atoms with Crippen LogP contribution >= 0.6 is 27.3 Å². The fourth-order valence-electron chi connectivity index (χ4n) is 2.50. The summed E-state index contributed by atoms with van der Waals surface area (Å²) in [5.41, 5.74) is 2.64. The van der Waals surface area contributed by atoms with Crippen molar-refractivity contribution in [3.05, 3.63) is 86.2 Å². The molecule has 3 aromatic rings. The average Bonchev–Trinajstić information content (AvgIpc) is 2.89. The predicted octanol–water partition coefficient (Wildman–Crippen LogP) is 5.61. The third-order valence-electron chi connectivity index (χ3n) is 3.98. The maximum absolute atomic E-state index is 12.9. The monoisotopic (exact) mass is 413 g/mol. The number of benzene rings is 2. The van der Waals surface area contributed by atoms with E-state index in [1.54, 1.807) is 24.3 Å². The lowest BCUT2D eigenvalue weighted by molar-refractivity contribution is 0.102. The van der Waals surface area contributed by atoms with Gasteiger partial charge in [0, 0.05) is 20.5 Å². The predicted molar refractivity (Wildman–Crippen MR) is 106 cm³/mol. The van der Waals surface area contributed by atoms with E-state index in [1.807, 2.05) is 44.2 Å². The minimum atomic E-state index is -0.226. The quantitative estimate of drug-likeness (QED) is 0.564. The van der Waals surface area contributed by atoms with Crippen LogP contribution in [-0.4, -0.2) is 11.7 Å². The Kier molecular flexibility index (Phi) is 5.16. The molecule has 1 heterocycles. The molecular weight excluding hydrogens is 398 g/mol.